The van der Waals surface area contributed by atoms with Crippen LogP contribution in [-0.4, -0.2) is 42.0 Å². The molecule has 1 aromatic carbocycles. The monoisotopic (exact) mass is 382 g/mol. The number of ether oxygens (including phenoxy) is 3. The van der Waals surface area contributed by atoms with E-state index < -0.39 is 0 Å². The number of nitrogens with one attached hydrogen (secondary N) is 1. The Kier molecular flexibility index (Phi) is 5.78. The molecule has 8 heteroatoms. The number of aryl methyl sites for hydroxylation is 1. The van der Waals surface area contributed by atoms with Crippen molar-refractivity contribution in [3.05, 3.63) is 54.0 Å². The molecule has 0 spiro atoms. The third-order valence-electron chi connectivity index (χ3n) is 4.31. The number of benzene rings is 1. The summed E-state index contributed by atoms with van der Waals surface area (Å²) in [7, 11) is 6.37. The van der Waals surface area contributed by atoms with Crippen molar-refractivity contribution < 1.29 is 19.0 Å². The number of carbonyl (C=O) groups excluding carboxylic acids is 1. The summed E-state index contributed by atoms with van der Waals surface area (Å²) >= 11 is 0. The van der Waals surface area contributed by atoms with Crippen LogP contribution in [-0.2, 0) is 13.6 Å². The fraction of sp³-hybridized carbons (Fsp3) is 0.250. The maximum Gasteiger partial charge on any atom is 0.255 e. The van der Waals surface area contributed by atoms with Gasteiger partial charge in [-0.05, 0) is 29.8 Å². The van der Waals surface area contributed by atoms with Crippen molar-refractivity contribution in [1.29, 1.82) is 0 Å². The number of amides is 1. The van der Waals surface area contributed by atoms with E-state index in [-0.39, 0.29) is 5.91 Å². The number of hydrogen-bond donors (Lipinski definition) is 1. The number of methoxy groups -OCH3 is 3. The van der Waals surface area contributed by atoms with Gasteiger partial charge in [0.1, 0.15) is 0 Å². The van der Waals surface area contributed by atoms with Crippen LogP contribution in [0.4, 0.5) is 0 Å². The van der Waals surface area contributed by atoms with E-state index in [0.29, 0.717) is 29.4 Å². The first-order valence-electron chi connectivity index (χ1n) is 8.58. The quantitative estimate of drug-likeness (QED) is 0.675. The molecule has 146 valence electrons. The topological polar surface area (TPSA) is 87.5 Å². The molecular formula is C20H22N4O4. The first-order chi connectivity index (χ1) is 13.6. The zero-order chi connectivity index (χ0) is 20.1. The third-order valence-corrected chi connectivity index (χ3v) is 4.31. The summed E-state index contributed by atoms with van der Waals surface area (Å²) in [5.41, 5.74) is 3.10. The molecule has 0 unspecified atom stereocenters. The fourth-order valence-corrected chi connectivity index (χ4v) is 2.94. The Balaban J connectivity index is 1.79. The first-order valence-corrected chi connectivity index (χ1v) is 8.58. The van der Waals surface area contributed by atoms with Gasteiger partial charge in [-0.3, -0.25) is 14.5 Å². The van der Waals surface area contributed by atoms with E-state index in [0.717, 1.165) is 16.8 Å². The molecule has 0 radical (unpaired) electrons. The van der Waals surface area contributed by atoms with Crippen LogP contribution < -0.4 is 19.5 Å². The molecule has 0 aliphatic rings. The van der Waals surface area contributed by atoms with Gasteiger partial charge in [0.15, 0.2) is 11.5 Å². The maximum atomic E-state index is 12.7. The molecule has 3 rings (SSSR count). The second kappa shape index (κ2) is 8.43. The Labute approximate surface area is 163 Å². The van der Waals surface area contributed by atoms with Crippen molar-refractivity contribution in [3.8, 4) is 28.5 Å². The van der Waals surface area contributed by atoms with Crippen LogP contribution in [0.5, 0.6) is 17.2 Å². The Morgan fingerprint density at radius 3 is 2.50 bits per heavy atom. The molecule has 0 saturated heterocycles. The molecule has 0 saturated carbocycles. The maximum absolute atomic E-state index is 12.7. The minimum atomic E-state index is -0.288. The van der Waals surface area contributed by atoms with Gasteiger partial charge < -0.3 is 19.5 Å². The van der Waals surface area contributed by atoms with Crippen LogP contribution in [0.1, 0.15) is 15.9 Å². The van der Waals surface area contributed by atoms with Crippen molar-refractivity contribution >= 4 is 5.91 Å². The fourth-order valence-electron chi connectivity index (χ4n) is 2.94. The highest BCUT2D eigenvalue weighted by atomic mass is 16.5. The number of aromatic nitrogens is 3. The molecule has 2 heterocycles. The van der Waals surface area contributed by atoms with Crippen LogP contribution in [0.15, 0.2) is 42.9 Å². The van der Waals surface area contributed by atoms with Crippen molar-refractivity contribution in [1.82, 2.24) is 20.1 Å². The molecule has 1 N–H and O–H groups in total. The minimum Gasteiger partial charge on any atom is -0.493 e. The van der Waals surface area contributed by atoms with Gasteiger partial charge in [-0.25, -0.2) is 0 Å². The second-order valence-corrected chi connectivity index (χ2v) is 5.99. The highest BCUT2D eigenvalue weighted by Crippen LogP contribution is 2.39. The lowest BCUT2D eigenvalue weighted by atomic mass is 10.1. The summed E-state index contributed by atoms with van der Waals surface area (Å²) < 4.78 is 17.7. The molecule has 2 aromatic heterocycles. The molecule has 0 aliphatic carbocycles. The zero-order valence-corrected chi connectivity index (χ0v) is 16.2. The summed E-state index contributed by atoms with van der Waals surface area (Å²) in [5, 5.41) is 7.06. The summed E-state index contributed by atoms with van der Waals surface area (Å²) in [6.45, 7) is 0.315. The first kappa shape index (κ1) is 19.2. The summed E-state index contributed by atoms with van der Waals surface area (Å²) in [5.74, 6) is 0.895. The molecule has 0 bridgehead atoms. The van der Waals surface area contributed by atoms with Crippen molar-refractivity contribution in [2.45, 2.75) is 6.54 Å². The summed E-state index contributed by atoms with van der Waals surface area (Å²) in [6, 6.07) is 7.19. The number of hydrogen-bond acceptors (Lipinski definition) is 6. The normalized spacial score (nSPS) is 10.4. The second-order valence-electron chi connectivity index (χ2n) is 5.99. The van der Waals surface area contributed by atoms with E-state index in [2.05, 4.69) is 15.4 Å². The Hall–Kier alpha value is -3.55. The molecule has 3 aromatic rings. The third kappa shape index (κ3) is 3.75. The van der Waals surface area contributed by atoms with Gasteiger partial charge in [-0.2, -0.15) is 5.10 Å². The van der Waals surface area contributed by atoms with Crippen LogP contribution in [0.25, 0.3) is 11.3 Å². The van der Waals surface area contributed by atoms with Gasteiger partial charge in [0, 0.05) is 37.7 Å². The minimum absolute atomic E-state index is 0.288. The van der Waals surface area contributed by atoms with Crippen LogP contribution in [0.3, 0.4) is 0 Å². The van der Waals surface area contributed by atoms with Crippen molar-refractivity contribution in [2.75, 3.05) is 21.3 Å². The van der Waals surface area contributed by atoms with Crippen LogP contribution in [0.2, 0.25) is 0 Å². The van der Waals surface area contributed by atoms with Gasteiger partial charge >= 0.3 is 0 Å². The lowest BCUT2D eigenvalue weighted by Gasteiger charge is -2.15. The Morgan fingerprint density at radius 2 is 1.86 bits per heavy atom. The number of carbonyl (C=O) groups is 1. The molecule has 28 heavy (non-hydrogen) atoms. The molecule has 1 amide bonds. The lowest BCUT2D eigenvalue weighted by molar-refractivity contribution is 0.0947. The molecule has 0 atom stereocenters. The predicted octanol–water partition coefficient (Wildman–Crippen LogP) is 2.44. The average Bonchev–Trinajstić information content (AvgIpc) is 3.16. The number of rotatable bonds is 7. The molecular weight excluding hydrogens is 360 g/mol. The van der Waals surface area contributed by atoms with E-state index in [4.69, 9.17) is 14.2 Å². The van der Waals surface area contributed by atoms with Crippen molar-refractivity contribution in [3.63, 3.8) is 0 Å². The van der Waals surface area contributed by atoms with E-state index in [1.54, 1.807) is 35.4 Å². The summed E-state index contributed by atoms with van der Waals surface area (Å²) in [6.07, 6.45) is 5.21. The SMILES string of the molecule is COc1ccc(C(=O)NCc2cncc(-c3ccnn3C)c2)c(OC)c1OC. The van der Waals surface area contributed by atoms with Gasteiger partial charge in [0.05, 0.1) is 32.6 Å². The Bertz CT molecular complexity index is 984. The molecule has 0 aliphatic heterocycles. The Morgan fingerprint density at radius 1 is 1.07 bits per heavy atom. The number of nitrogens with zero attached hydrogens (tertiary/aromatic N) is 3. The van der Waals surface area contributed by atoms with Crippen LogP contribution >= 0.6 is 0 Å². The standard InChI is InChI=1S/C20H22N4O4/c1-24-16(7-8-23-24)14-9-13(10-21-12-14)11-22-20(25)15-5-6-17(26-2)19(28-4)18(15)27-3/h5-10,12H,11H2,1-4H3,(H,22,25). The summed E-state index contributed by atoms with van der Waals surface area (Å²) in [4.78, 5) is 17.0. The van der Waals surface area contributed by atoms with Crippen LogP contribution in [0, 0.1) is 0 Å². The molecule has 0 fully saturated rings. The van der Waals surface area contributed by atoms with E-state index >= 15 is 0 Å². The lowest BCUT2D eigenvalue weighted by Crippen LogP contribution is -2.23. The largest absolute Gasteiger partial charge is 0.493 e. The average molecular weight is 382 g/mol. The van der Waals surface area contributed by atoms with Gasteiger partial charge in [0.25, 0.3) is 5.91 Å². The van der Waals surface area contributed by atoms with E-state index in [9.17, 15) is 4.79 Å². The highest BCUT2D eigenvalue weighted by Gasteiger charge is 2.20. The zero-order valence-electron chi connectivity index (χ0n) is 16.2. The highest BCUT2D eigenvalue weighted by molar-refractivity contribution is 5.98. The molecule has 8 nitrogen and oxygen atoms in total. The van der Waals surface area contributed by atoms with Crippen molar-refractivity contribution in [2.24, 2.45) is 7.05 Å². The van der Waals surface area contributed by atoms with Gasteiger partial charge in [-0.15, -0.1) is 0 Å². The van der Waals surface area contributed by atoms with E-state index in [1.165, 1.54) is 21.3 Å². The predicted molar refractivity (Wildman–Crippen MR) is 104 cm³/mol. The smallest absolute Gasteiger partial charge is 0.255 e. The van der Waals surface area contributed by atoms with Gasteiger partial charge in [-0.1, -0.05) is 0 Å². The number of pyridine rings is 1. The van der Waals surface area contributed by atoms with E-state index in [1.807, 2.05) is 19.2 Å². The van der Waals surface area contributed by atoms with Gasteiger partial charge in [0.2, 0.25) is 5.75 Å².